The highest BCUT2D eigenvalue weighted by Crippen LogP contribution is 2.24. The van der Waals surface area contributed by atoms with Crippen molar-refractivity contribution < 1.29 is 0 Å². The molecule has 0 saturated heterocycles. The summed E-state index contributed by atoms with van der Waals surface area (Å²) in [6.07, 6.45) is 39.5. The molecule has 0 spiro atoms. The molecule has 1 rings (SSSR count). The zero-order valence-electron chi connectivity index (χ0n) is 24.0. The Hall–Kier alpha value is -0.660. The number of hydrogen-bond donors (Lipinski definition) is 0. The molecule has 1 heterocycles. The first-order valence-corrected chi connectivity index (χ1v) is 16.0. The molecule has 0 amide bonds. The van der Waals surface area contributed by atoms with Gasteiger partial charge in [0.1, 0.15) is 6.17 Å². The van der Waals surface area contributed by atoms with Crippen molar-refractivity contribution in [2.75, 3.05) is 13.1 Å². The van der Waals surface area contributed by atoms with Crippen LogP contribution in [0.2, 0.25) is 0 Å². The normalized spacial score (nSPS) is 15.7. The average Bonchev–Trinajstić information content (AvgIpc) is 3.23. The summed E-state index contributed by atoms with van der Waals surface area (Å²) < 4.78 is 0. The first-order chi connectivity index (χ1) is 16.8. The SMILES string of the molecule is CCCCCCCCCCCN1C=CN(CCCCCCCC)C1CCCCCCCCCC. The maximum Gasteiger partial charge on any atom is 0.101 e. The summed E-state index contributed by atoms with van der Waals surface area (Å²) in [6, 6.07) is 0. The third-order valence-electron chi connectivity index (χ3n) is 7.82. The van der Waals surface area contributed by atoms with Crippen LogP contribution in [0.15, 0.2) is 12.4 Å². The van der Waals surface area contributed by atoms with Crippen molar-refractivity contribution in [2.45, 2.75) is 181 Å². The Morgan fingerprint density at radius 3 is 1.03 bits per heavy atom. The molecular formula is C32H64N2. The van der Waals surface area contributed by atoms with Gasteiger partial charge in [0.05, 0.1) is 0 Å². The van der Waals surface area contributed by atoms with E-state index >= 15 is 0 Å². The summed E-state index contributed by atoms with van der Waals surface area (Å²) in [7, 11) is 0. The molecule has 0 aromatic heterocycles. The second-order valence-electron chi connectivity index (χ2n) is 11.1. The smallest absolute Gasteiger partial charge is 0.101 e. The van der Waals surface area contributed by atoms with Gasteiger partial charge in [0, 0.05) is 25.5 Å². The molecule has 0 radical (unpaired) electrons. The topological polar surface area (TPSA) is 6.48 Å². The summed E-state index contributed by atoms with van der Waals surface area (Å²) in [4.78, 5) is 5.38. The van der Waals surface area contributed by atoms with E-state index in [2.05, 4.69) is 43.0 Å². The van der Waals surface area contributed by atoms with E-state index in [1.807, 2.05) is 0 Å². The fourth-order valence-corrected chi connectivity index (χ4v) is 5.48. The molecule has 0 aliphatic carbocycles. The van der Waals surface area contributed by atoms with E-state index in [4.69, 9.17) is 0 Å². The van der Waals surface area contributed by atoms with Crippen molar-refractivity contribution in [3.63, 3.8) is 0 Å². The van der Waals surface area contributed by atoms with E-state index in [9.17, 15) is 0 Å². The number of rotatable bonds is 26. The van der Waals surface area contributed by atoms with E-state index in [-0.39, 0.29) is 0 Å². The van der Waals surface area contributed by atoms with Gasteiger partial charge < -0.3 is 9.80 Å². The Labute approximate surface area is 216 Å². The van der Waals surface area contributed by atoms with Crippen molar-refractivity contribution in [1.82, 2.24) is 9.80 Å². The van der Waals surface area contributed by atoms with E-state index < -0.39 is 0 Å². The lowest BCUT2D eigenvalue weighted by Crippen LogP contribution is -2.39. The minimum atomic E-state index is 0.643. The summed E-state index contributed by atoms with van der Waals surface area (Å²) in [5.41, 5.74) is 0. The third kappa shape index (κ3) is 16.9. The fourth-order valence-electron chi connectivity index (χ4n) is 5.48. The quantitative estimate of drug-likeness (QED) is 0.114. The molecule has 0 aromatic carbocycles. The number of hydrogen-bond acceptors (Lipinski definition) is 2. The lowest BCUT2D eigenvalue weighted by Gasteiger charge is -2.33. The highest BCUT2D eigenvalue weighted by Gasteiger charge is 2.24. The Kier molecular flexibility index (Phi) is 22.2. The predicted molar refractivity (Wildman–Crippen MR) is 154 cm³/mol. The van der Waals surface area contributed by atoms with Gasteiger partial charge in [-0.15, -0.1) is 0 Å². The second kappa shape index (κ2) is 24.1. The molecule has 34 heavy (non-hydrogen) atoms. The first-order valence-electron chi connectivity index (χ1n) is 16.0. The Balaban J connectivity index is 2.26. The van der Waals surface area contributed by atoms with Crippen LogP contribution in [0.25, 0.3) is 0 Å². The second-order valence-corrected chi connectivity index (χ2v) is 11.1. The Bertz CT molecular complexity index is 433. The van der Waals surface area contributed by atoms with Crippen LogP contribution in [0, 0.1) is 0 Å². The van der Waals surface area contributed by atoms with Crippen molar-refractivity contribution in [1.29, 1.82) is 0 Å². The van der Waals surface area contributed by atoms with Gasteiger partial charge in [-0.05, 0) is 25.7 Å². The van der Waals surface area contributed by atoms with Gasteiger partial charge in [-0.25, -0.2) is 0 Å². The minimum absolute atomic E-state index is 0.643. The first kappa shape index (κ1) is 31.4. The highest BCUT2D eigenvalue weighted by atomic mass is 15.4. The van der Waals surface area contributed by atoms with Crippen LogP contribution in [-0.4, -0.2) is 29.1 Å². The molecule has 1 unspecified atom stereocenters. The van der Waals surface area contributed by atoms with E-state index in [0.717, 1.165) is 0 Å². The minimum Gasteiger partial charge on any atom is -0.356 e. The molecule has 202 valence electrons. The largest absolute Gasteiger partial charge is 0.356 e. The van der Waals surface area contributed by atoms with Crippen molar-refractivity contribution in [2.24, 2.45) is 0 Å². The molecule has 2 heteroatoms. The van der Waals surface area contributed by atoms with Gasteiger partial charge in [0.25, 0.3) is 0 Å². The van der Waals surface area contributed by atoms with Crippen molar-refractivity contribution in [3.05, 3.63) is 12.4 Å². The molecule has 0 bridgehead atoms. The lowest BCUT2D eigenvalue weighted by atomic mass is 10.1. The van der Waals surface area contributed by atoms with Gasteiger partial charge in [0.15, 0.2) is 0 Å². The van der Waals surface area contributed by atoms with Gasteiger partial charge in [0.2, 0.25) is 0 Å². The average molecular weight is 477 g/mol. The highest BCUT2D eigenvalue weighted by molar-refractivity contribution is 4.97. The maximum absolute atomic E-state index is 2.69. The van der Waals surface area contributed by atoms with Crippen LogP contribution in [0.4, 0.5) is 0 Å². The molecule has 2 nitrogen and oxygen atoms in total. The van der Waals surface area contributed by atoms with E-state index in [1.165, 1.54) is 167 Å². The molecule has 0 saturated carbocycles. The molecule has 1 aliphatic heterocycles. The predicted octanol–water partition coefficient (Wildman–Crippen LogP) is 10.8. The van der Waals surface area contributed by atoms with Gasteiger partial charge >= 0.3 is 0 Å². The molecule has 1 atom stereocenters. The van der Waals surface area contributed by atoms with E-state index in [0.29, 0.717) is 6.17 Å². The zero-order chi connectivity index (χ0) is 24.5. The monoisotopic (exact) mass is 477 g/mol. The standard InChI is InChI=1S/C32H64N2/c1-4-7-10-13-16-18-20-23-26-29-34-31-30-33(28-25-22-15-12-9-6-3)32(34)27-24-21-19-17-14-11-8-5-2/h30-32H,4-29H2,1-3H3. The Morgan fingerprint density at radius 2 is 0.676 bits per heavy atom. The summed E-state index contributed by atoms with van der Waals surface area (Å²) in [5.74, 6) is 0. The van der Waals surface area contributed by atoms with Crippen LogP contribution in [0.5, 0.6) is 0 Å². The van der Waals surface area contributed by atoms with Crippen LogP contribution in [0.1, 0.15) is 175 Å². The lowest BCUT2D eigenvalue weighted by molar-refractivity contribution is 0.135. The van der Waals surface area contributed by atoms with E-state index in [1.54, 1.807) is 0 Å². The van der Waals surface area contributed by atoms with Gasteiger partial charge in [-0.3, -0.25) is 0 Å². The maximum atomic E-state index is 2.69. The fraction of sp³-hybridized carbons (Fsp3) is 0.938. The number of nitrogens with zero attached hydrogens (tertiary/aromatic N) is 2. The third-order valence-corrected chi connectivity index (χ3v) is 7.82. The molecule has 0 aromatic rings. The zero-order valence-corrected chi connectivity index (χ0v) is 24.0. The van der Waals surface area contributed by atoms with Gasteiger partial charge in [-0.1, -0.05) is 149 Å². The summed E-state index contributed by atoms with van der Waals surface area (Å²) >= 11 is 0. The molecule has 1 aliphatic rings. The number of unbranched alkanes of at least 4 members (excludes halogenated alkanes) is 20. The van der Waals surface area contributed by atoms with Crippen LogP contribution < -0.4 is 0 Å². The van der Waals surface area contributed by atoms with Crippen molar-refractivity contribution >= 4 is 0 Å². The Morgan fingerprint density at radius 1 is 0.382 bits per heavy atom. The van der Waals surface area contributed by atoms with Crippen LogP contribution in [-0.2, 0) is 0 Å². The van der Waals surface area contributed by atoms with Gasteiger partial charge in [-0.2, -0.15) is 0 Å². The van der Waals surface area contributed by atoms with Crippen LogP contribution in [0.3, 0.4) is 0 Å². The molecular weight excluding hydrogens is 412 g/mol. The molecule has 0 fully saturated rings. The van der Waals surface area contributed by atoms with Crippen LogP contribution >= 0.6 is 0 Å². The molecule has 0 N–H and O–H groups in total. The van der Waals surface area contributed by atoms with Crippen molar-refractivity contribution in [3.8, 4) is 0 Å². The summed E-state index contributed by atoms with van der Waals surface area (Å²) in [6.45, 7) is 9.46. The summed E-state index contributed by atoms with van der Waals surface area (Å²) in [5, 5.41) is 0.